The first-order valence-electron chi connectivity index (χ1n) is 11.1. The van der Waals surface area contributed by atoms with Crippen molar-refractivity contribution >= 4 is 22.9 Å². The number of fused-ring (bicyclic) bond motifs is 1. The summed E-state index contributed by atoms with van der Waals surface area (Å²) < 4.78 is 5.55. The lowest BCUT2D eigenvalue weighted by atomic mass is 10.2. The van der Waals surface area contributed by atoms with E-state index in [9.17, 15) is 4.79 Å². The standard InChI is InChI=1S/C22H32N6O2/c1-2-23-22(24-11-5-10-20-25-17-7-3-4-8-18(17)26-20)28-14-12-27(13-15-28)21(29)19-9-6-16-30-19/h3-4,7-8,19H,2,5-6,9-16H2,1H3,(H,23,24)(H,25,26). The van der Waals surface area contributed by atoms with Crippen molar-refractivity contribution in [1.29, 1.82) is 0 Å². The highest BCUT2D eigenvalue weighted by Gasteiger charge is 2.30. The number of aromatic nitrogens is 2. The number of benzene rings is 1. The molecule has 1 amide bonds. The van der Waals surface area contributed by atoms with E-state index in [0.717, 1.165) is 87.8 Å². The van der Waals surface area contributed by atoms with Crippen molar-refractivity contribution in [3.8, 4) is 0 Å². The van der Waals surface area contributed by atoms with Crippen LogP contribution in [-0.4, -0.2) is 83.6 Å². The fourth-order valence-corrected chi connectivity index (χ4v) is 4.10. The molecule has 2 aliphatic heterocycles. The molecule has 0 saturated carbocycles. The van der Waals surface area contributed by atoms with Crippen molar-refractivity contribution in [1.82, 2.24) is 25.1 Å². The molecule has 3 heterocycles. The van der Waals surface area contributed by atoms with Gasteiger partial charge in [-0.1, -0.05) is 12.1 Å². The van der Waals surface area contributed by atoms with Crippen LogP contribution in [0.3, 0.4) is 0 Å². The van der Waals surface area contributed by atoms with Crippen molar-refractivity contribution in [3.05, 3.63) is 30.1 Å². The van der Waals surface area contributed by atoms with Crippen LogP contribution in [0.15, 0.2) is 29.3 Å². The number of aromatic amines is 1. The number of carbonyl (C=O) groups excluding carboxylic acids is 1. The summed E-state index contributed by atoms with van der Waals surface area (Å²) in [4.78, 5) is 29.6. The van der Waals surface area contributed by atoms with Crippen LogP contribution in [0.2, 0.25) is 0 Å². The summed E-state index contributed by atoms with van der Waals surface area (Å²) in [5.74, 6) is 2.10. The largest absolute Gasteiger partial charge is 0.368 e. The van der Waals surface area contributed by atoms with Crippen LogP contribution in [0.25, 0.3) is 11.0 Å². The van der Waals surface area contributed by atoms with E-state index in [1.807, 2.05) is 23.1 Å². The molecule has 2 fully saturated rings. The maximum atomic E-state index is 12.5. The van der Waals surface area contributed by atoms with Crippen LogP contribution in [0, 0.1) is 0 Å². The van der Waals surface area contributed by atoms with Gasteiger partial charge >= 0.3 is 0 Å². The van der Waals surface area contributed by atoms with Gasteiger partial charge in [0.2, 0.25) is 0 Å². The van der Waals surface area contributed by atoms with Gasteiger partial charge in [0.1, 0.15) is 11.9 Å². The predicted molar refractivity (Wildman–Crippen MR) is 118 cm³/mol. The molecule has 0 radical (unpaired) electrons. The topological polar surface area (TPSA) is 85.9 Å². The van der Waals surface area contributed by atoms with Gasteiger partial charge in [0.05, 0.1) is 11.0 Å². The van der Waals surface area contributed by atoms with Crippen LogP contribution >= 0.6 is 0 Å². The highest BCUT2D eigenvalue weighted by atomic mass is 16.5. The molecule has 2 N–H and O–H groups in total. The molecule has 2 aromatic rings. The number of aliphatic imine (C=N–C) groups is 1. The Hall–Kier alpha value is -2.61. The second kappa shape index (κ2) is 9.93. The van der Waals surface area contributed by atoms with Crippen molar-refractivity contribution in [3.63, 3.8) is 0 Å². The summed E-state index contributed by atoms with van der Waals surface area (Å²) in [5.41, 5.74) is 2.10. The second-order valence-corrected chi connectivity index (χ2v) is 7.85. The molecule has 8 nitrogen and oxygen atoms in total. The molecule has 2 aliphatic rings. The fraction of sp³-hybridized carbons (Fsp3) is 0.591. The number of aryl methyl sites for hydroxylation is 1. The molecule has 162 valence electrons. The number of ether oxygens (including phenoxy) is 1. The Kier molecular flexibility index (Phi) is 6.84. The Bertz CT molecular complexity index is 832. The van der Waals surface area contributed by atoms with E-state index >= 15 is 0 Å². The number of carbonyl (C=O) groups is 1. The average molecular weight is 413 g/mol. The number of nitrogens with one attached hydrogen (secondary N) is 2. The van der Waals surface area contributed by atoms with E-state index in [-0.39, 0.29) is 12.0 Å². The van der Waals surface area contributed by atoms with Gasteiger partial charge in [-0.3, -0.25) is 9.79 Å². The molecule has 0 spiro atoms. The van der Waals surface area contributed by atoms with Crippen LogP contribution in [0.5, 0.6) is 0 Å². The Morgan fingerprint density at radius 2 is 2.07 bits per heavy atom. The maximum Gasteiger partial charge on any atom is 0.251 e. The SMILES string of the molecule is CCNC(=NCCCc1nc2ccccc2[nH]1)N1CCN(C(=O)C2CCCO2)CC1. The van der Waals surface area contributed by atoms with Crippen LogP contribution < -0.4 is 5.32 Å². The van der Waals surface area contributed by atoms with E-state index < -0.39 is 0 Å². The van der Waals surface area contributed by atoms with Crippen molar-refractivity contribution in [2.45, 2.75) is 38.7 Å². The zero-order valence-corrected chi connectivity index (χ0v) is 17.8. The van der Waals surface area contributed by atoms with Crippen molar-refractivity contribution in [2.75, 3.05) is 45.9 Å². The molecule has 1 unspecified atom stereocenters. The Labute approximate surface area is 177 Å². The summed E-state index contributed by atoms with van der Waals surface area (Å²) in [6.45, 7) is 7.42. The number of para-hydroxylation sites is 2. The minimum atomic E-state index is -0.225. The molecule has 0 aliphatic carbocycles. The predicted octanol–water partition coefficient (Wildman–Crippen LogP) is 1.78. The second-order valence-electron chi connectivity index (χ2n) is 7.85. The van der Waals surface area contributed by atoms with Crippen LogP contribution in [0.1, 0.15) is 32.0 Å². The molecular formula is C22H32N6O2. The van der Waals surface area contributed by atoms with E-state index in [4.69, 9.17) is 9.73 Å². The average Bonchev–Trinajstić information content (AvgIpc) is 3.45. The molecule has 30 heavy (non-hydrogen) atoms. The van der Waals surface area contributed by atoms with E-state index in [1.165, 1.54) is 0 Å². The Morgan fingerprint density at radius 1 is 1.27 bits per heavy atom. The lowest BCUT2D eigenvalue weighted by molar-refractivity contribution is -0.142. The highest BCUT2D eigenvalue weighted by Crippen LogP contribution is 2.16. The summed E-state index contributed by atoms with van der Waals surface area (Å²) in [5, 5.41) is 3.40. The smallest absolute Gasteiger partial charge is 0.251 e. The third-order valence-corrected chi connectivity index (χ3v) is 5.70. The van der Waals surface area contributed by atoms with E-state index in [2.05, 4.69) is 33.2 Å². The quantitative estimate of drug-likeness (QED) is 0.429. The number of imidazole rings is 1. The minimum absolute atomic E-state index is 0.153. The fourth-order valence-electron chi connectivity index (χ4n) is 4.10. The number of rotatable bonds is 6. The number of piperazine rings is 1. The van der Waals surface area contributed by atoms with Gasteiger partial charge in [-0.2, -0.15) is 0 Å². The zero-order valence-electron chi connectivity index (χ0n) is 17.8. The van der Waals surface area contributed by atoms with Crippen LogP contribution in [-0.2, 0) is 16.0 Å². The number of hydrogen-bond acceptors (Lipinski definition) is 4. The van der Waals surface area contributed by atoms with Crippen molar-refractivity contribution < 1.29 is 9.53 Å². The first-order valence-corrected chi connectivity index (χ1v) is 11.1. The summed E-state index contributed by atoms with van der Waals surface area (Å²) in [7, 11) is 0. The first-order chi connectivity index (χ1) is 14.7. The maximum absolute atomic E-state index is 12.5. The monoisotopic (exact) mass is 412 g/mol. The van der Waals surface area contributed by atoms with Gasteiger partial charge < -0.3 is 24.8 Å². The normalized spacial score (nSPS) is 20.2. The number of amides is 1. The number of H-pyrrole nitrogens is 1. The summed E-state index contributed by atoms with van der Waals surface area (Å²) >= 11 is 0. The number of guanidine groups is 1. The van der Waals surface area contributed by atoms with Gasteiger partial charge in [-0.25, -0.2) is 4.98 Å². The lowest BCUT2D eigenvalue weighted by Crippen LogP contribution is -2.55. The van der Waals surface area contributed by atoms with Gasteiger partial charge in [0, 0.05) is 52.3 Å². The summed E-state index contributed by atoms with van der Waals surface area (Å²) in [6, 6.07) is 8.11. The van der Waals surface area contributed by atoms with Gasteiger partial charge in [-0.15, -0.1) is 0 Å². The van der Waals surface area contributed by atoms with E-state index in [1.54, 1.807) is 0 Å². The minimum Gasteiger partial charge on any atom is -0.368 e. The number of nitrogens with zero attached hydrogens (tertiary/aromatic N) is 4. The molecule has 0 bridgehead atoms. The molecule has 4 rings (SSSR count). The number of hydrogen-bond donors (Lipinski definition) is 2. The molecule has 1 atom stereocenters. The van der Waals surface area contributed by atoms with E-state index in [0.29, 0.717) is 6.61 Å². The van der Waals surface area contributed by atoms with Gasteiger partial charge in [0.15, 0.2) is 5.96 Å². The zero-order chi connectivity index (χ0) is 20.8. The van der Waals surface area contributed by atoms with Crippen molar-refractivity contribution in [2.24, 2.45) is 4.99 Å². The third kappa shape index (κ3) is 4.92. The lowest BCUT2D eigenvalue weighted by Gasteiger charge is -2.37. The van der Waals surface area contributed by atoms with Crippen LogP contribution in [0.4, 0.5) is 0 Å². The molecule has 2 saturated heterocycles. The summed E-state index contributed by atoms with van der Waals surface area (Å²) in [6.07, 6.45) is 3.43. The Balaban J connectivity index is 1.26. The molecule has 8 heteroatoms. The molecule has 1 aromatic heterocycles. The Morgan fingerprint density at radius 3 is 2.80 bits per heavy atom. The highest BCUT2D eigenvalue weighted by molar-refractivity contribution is 5.83. The first kappa shape index (κ1) is 20.7. The molecule has 1 aromatic carbocycles. The van der Waals surface area contributed by atoms with Gasteiger partial charge in [0.25, 0.3) is 5.91 Å². The third-order valence-electron chi connectivity index (χ3n) is 5.70. The molecular weight excluding hydrogens is 380 g/mol. The van der Waals surface area contributed by atoms with Gasteiger partial charge in [-0.05, 0) is 38.3 Å².